The highest BCUT2D eigenvalue weighted by Gasteiger charge is 2.37. The molecule has 3 aromatic heterocycles. The van der Waals surface area contributed by atoms with Gasteiger partial charge in [0.1, 0.15) is 0 Å². The molecule has 3 nitrogen and oxygen atoms in total. The fourth-order valence-corrected chi connectivity index (χ4v) is 2.61. The van der Waals surface area contributed by atoms with Crippen LogP contribution in [0.4, 0.5) is 17.6 Å². The molecule has 8 heteroatoms. The monoisotopic (exact) mass is 287 g/mol. The fourth-order valence-electron chi connectivity index (χ4n) is 1.79. The van der Waals surface area contributed by atoms with Crippen molar-refractivity contribution in [3.63, 3.8) is 0 Å². The third-order valence-electron chi connectivity index (χ3n) is 2.57. The summed E-state index contributed by atoms with van der Waals surface area (Å²) >= 11 is 0.841. The number of pyridine rings is 1. The van der Waals surface area contributed by atoms with Gasteiger partial charge in [0.05, 0.1) is 21.4 Å². The van der Waals surface area contributed by atoms with Crippen LogP contribution in [0.3, 0.4) is 0 Å². The van der Waals surface area contributed by atoms with Crippen LogP contribution in [0.5, 0.6) is 0 Å². The molecule has 3 aromatic rings. The third kappa shape index (κ3) is 1.97. The fraction of sp³-hybridized carbons (Fsp3) is 0.0909. The minimum absolute atomic E-state index is 0.0724. The number of nitrogens with zero attached hydrogens (tertiary/aromatic N) is 2. The summed E-state index contributed by atoms with van der Waals surface area (Å²) in [6.45, 7) is 0. The first-order chi connectivity index (χ1) is 8.97. The van der Waals surface area contributed by atoms with E-state index in [9.17, 15) is 17.6 Å². The highest BCUT2D eigenvalue weighted by atomic mass is 32.1. The van der Waals surface area contributed by atoms with E-state index in [-0.39, 0.29) is 16.0 Å². The zero-order chi connectivity index (χ0) is 13.6. The number of hydrogen-bond acceptors (Lipinski definition) is 3. The SMILES string of the molecule is Fc1ccc2[nH]cc(-c3scnc3C(F)(F)F)c2n1. The summed E-state index contributed by atoms with van der Waals surface area (Å²) in [7, 11) is 0. The number of fused-ring (bicyclic) bond motifs is 1. The number of hydrogen-bond donors (Lipinski definition) is 1. The van der Waals surface area contributed by atoms with Gasteiger partial charge in [0.25, 0.3) is 0 Å². The van der Waals surface area contributed by atoms with Gasteiger partial charge >= 0.3 is 6.18 Å². The number of alkyl halides is 3. The number of nitrogens with one attached hydrogen (secondary N) is 1. The summed E-state index contributed by atoms with van der Waals surface area (Å²) in [5.74, 6) is -0.744. The van der Waals surface area contributed by atoms with Crippen LogP contribution in [0.1, 0.15) is 5.69 Å². The zero-order valence-corrected chi connectivity index (χ0v) is 9.94. The lowest BCUT2D eigenvalue weighted by atomic mass is 10.2. The average Bonchev–Trinajstić information content (AvgIpc) is 2.91. The van der Waals surface area contributed by atoms with Crippen LogP contribution in [-0.4, -0.2) is 15.0 Å². The Bertz CT molecular complexity index is 744. The lowest BCUT2D eigenvalue weighted by Gasteiger charge is -2.05. The van der Waals surface area contributed by atoms with Crippen LogP contribution >= 0.6 is 11.3 Å². The summed E-state index contributed by atoms with van der Waals surface area (Å²) in [6.07, 6.45) is -3.17. The highest BCUT2D eigenvalue weighted by molar-refractivity contribution is 7.13. The van der Waals surface area contributed by atoms with Crippen molar-refractivity contribution in [3.05, 3.63) is 35.5 Å². The Kier molecular flexibility index (Phi) is 2.56. The van der Waals surface area contributed by atoms with Crippen molar-refractivity contribution in [3.8, 4) is 10.4 Å². The molecule has 0 saturated carbocycles. The van der Waals surface area contributed by atoms with E-state index in [0.29, 0.717) is 5.52 Å². The summed E-state index contributed by atoms with van der Waals surface area (Å²) in [6, 6.07) is 2.56. The van der Waals surface area contributed by atoms with Gasteiger partial charge in [-0.3, -0.25) is 0 Å². The molecule has 3 heterocycles. The minimum Gasteiger partial charge on any atom is -0.359 e. The Labute approximate surface area is 107 Å². The summed E-state index contributed by atoms with van der Waals surface area (Å²) in [5.41, 5.74) is 0.956. The molecule has 0 radical (unpaired) electrons. The number of aromatic amines is 1. The summed E-state index contributed by atoms with van der Waals surface area (Å²) in [4.78, 5) is 9.65. The maximum absolute atomic E-state index is 13.1. The molecule has 1 N–H and O–H groups in total. The van der Waals surface area contributed by atoms with Gasteiger partial charge in [-0.1, -0.05) is 0 Å². The molecular weight excluding hydrogens is 282 g/mol. The first kappa shape index (κ1) is 12.1. The molecule has 0 aliphatic carbocycles. The number of aromatic nitrogens is 3. The first-order valence-corrected chi connectivity index (χ1v) is 5.99. The smallest absolute Gasteiger partial charge is 0.359 e. The second-order valence-electron chi connectivity index (χ2n) is 3.76. The van der Waals surface area contributed by atoms with Crippen molar-refractivity contribution in [2.24, 2.45) is 0 Å². The molecule has 19 heavy (non-hydrogen) atoms. The number of rotatable bonds is 1. The minimum atomic E-state index is -4.55. The normalized spacial score (nSPS) is 12.2. The molecule has 0 amide bonds. The van der Waals surface area contributed by atoms with Gasteiger partial charge in [-0.25, -0.2) is 9.97 Å². The van der Waals surface area contributed by atoms with E-state index in [1.165, 1.54) is 12.3 Å². The molecule has 0 spiro atoms. The number of halogens is 4. The Hall–Kier alpha value is -1.96. The van der Waals surface area contributed by atoms with Crippen LogP contribution in [-0.2, 0) is 6.18 Å². The Balaban J connectivity index is 2.26. The van der Waals surface area contributed by atoms with Crippen LogP contribution in [0.2, 0.25) is 0 Å². The topological polar surface area (TPSA) is 41.6 Å². The van der Waals surface area contributed by atoms with Gasteiger partial charge in [0, 0.05) is 11.8 Å². The largest absolute Gasteiger partial charge is 0.434 e. The molecule has 0 atom stereocenters. The zero-order valence-electron chi connectivity index (χ0n) is 9.12. The number of thiazole rings is 1. The van der Waals surface area contributed by atoms with E-state index in [2.05, 4.69) is 15.0 Å². The van der Waals surface area contributed by atoms with Crippen LogP contribution in [0, 0.1) is 5.95 Å². The highest BCUT2D eigenvalue weighted by Crippen LogP contribution is 2.40. The van der Waals surface area contributed by atoms with Gasteiger partial charge in [-0.2, -0.15) is 17.6 Å². The molecule has 0 bridgehead atoms. The lowest BCUT2D eigenvalue weighted by molar-refractivity contribution is -0.140. The van der Waals surface area contributed by atoms with Gasteiger partial charge in [0.15, 0.2) is 5.69 Å². The van der Waals surface area contributed by atoms with E-state index >= 15 is 0 Å². The molecule has 0 fully saturated rings. The summed E-state index contributed by atoms with van der Waals surface area (Å²) < 4.78 is 51.5. The van der Waals surface area contributed by atoms with E-state index in [1.807, 2.05) is 0 Å². The molecule has 3 rings (SSSR count). The van der Waals surface area contributed by atoms with Crippen LogP contribution < -0.4 is 0 Å². The molecular formula is C11H5F4N3S. The van der Waals surface area contributed by atoms with E-state index in [1.54, 1.807) is 0 Å². The van der Waals surface area contributed by atoms with E-state index in [0.717, 1.165) is 22.9 Å². The lowest BCUT2D eigenvalue weighted by Crippen LogP contribution is -2.06. The first-order valence-electron chi connectivity index (χ1n) is 5.11. The van der Waals surface area contributed by atoms with Crippen molar-refractivity contribution < 1.29 is 17.6 Å². The maximum Gasteiger partial charge on any atom is 0.434 e. The molecule has 0 aliphatic heterocycles. The Morgan fingerprint density at radius 1 is 1.21 bits per heavy atom. The van der Waals surface area contributed by atoms with E-state index < -0.39 is 17.8 Å². The van der Waals surface area contributed by atoms with Gasteiger partial charge in [-0.05, 0) is 12.1 Å². The third-order valence-corrected chi connectivity index (χ3v) is 3.43. The predicted octanol–water partition coefficient (Wildman–Crippen LogP) is 3.84. The second kappa shape index (κ2) is 4.02. The van der Waals surface area contributed by atoms with Gasteiger partial charge < -0.3 is 4.98 Å². The summed E-state index contributed by atoms with van der Waals surface area (Å²) in [5, 5.41) is 0. The average molecular weight is 287 g/mol. The van der Waals surface area contributed by atoms with Crippen molar-refractivity contribution in [1.29, 1.82) is 0 Å². The maximum atomic E-state index is 13.1. The Morgan fingerprint density at radius 2 is 2.00 bits per heavy atom. The van der Waals surface area contributed by atoms with Crippen molar-refractivity contribution in [2.45, 2.75) is 6.18 Å². The quantitative estimate of drug-likeness (QED) is 0.545. The molecule has 0 aromatic carbocycles. The number of H-pyrrole nitrogens is 1. The second-order valence-corrected chi connectivity index (χ2v) is 4.62. The van der Waals surface area contributed by atoms with Crippen LogP contribution in [0.15, 0.2) is 23.8 Å². The van der Waals surface area contributed by atoms with E-state index in [4.69, 9.17) is 0 Å². The van der Waals surface area contributed by atoms with Crippen molar-refractivity contribution in [2.75, 3.05) is 0 Å². The van der Waals surface area contributed by atoms with Crippen molar-refractivity contribution >= 4 is 22.4 Å². The molecule has 0 aliphatic rings. The van der Waals surface area contributed by atoms with Gasteiger partial charge in [0.2, 0.25) is 5.95 Å². The van der Waals surface area contributed by atoms with Gasteiger partial charge in [-0.15, -0.1) is 11.3 Å². The molecule has 98 valence electrons. The standard InChI is InChI=1S/C11H5F4N3S/c12-7-2-1-6-8(18-7)5(3-16-6)9-10(11(13,14)15)17-4-19-9/h1-4,16H. The predicted molar refractivity (Wildman–Crippen MR) is 62.2 cm³/mol. The van der Waals surface area contributed by atoms with Crippen LogP contribution in [0.25, 0.3) is 21.5 Å². The molecule has 0 saturated heterocycles. The molecule has 0 unspecified atom stereocenters. The Morgan fingerprint density at radius 3 is 2.74 bits per heavy atom. The van der Waals surface area contributed by atoms with Crippen molar-refractivity contribution in [1.82, 2.24) is 15.0 Å².